The van der Waals surface area contributed by atoms with Gasteiger partial charge in [-0.25, -0.2) is 4.98 Å². The Hall–Kier alpha value is -3.10. The van der Waals surface area contributed by atoms with E-state index in [9.17, 15) is 22.8 Å². The maximum Gasteiger partial charge on any atom is 0.573 e. The topological polar surface area (TPSA) is 71.5 Å². The molecular formula is C21H22F3N3O3. The molecule has 1 atom stereocenters. The minimum atomic E-state index is -4.77. The third-order valence-corrected chi connectivity index (χ3v) is 5.02. The second-order valence-corrected chi connectivity index (χ2v) is 7.51. The number of amides is 2. The van der Waals surface area contributed by atoms with Crippen molar-refractivity contribution in [1.29, 1.82) is 0 Å². The number of rotatable bonds is 5. The SMILES string of the molecule is Cc1cc(C(C)N2Cc3c(ccnc3NC(=O)C(C)C)C2=O)ccc1OC(F)(F)F. The molecule has 2 heterocycles. The van der Waals surface area contributed by atoms with Gasteiger partial charge in [-0.05, 0) is 37.1 Å². The number of pyridine rings is 1. The summed E-state index contributed by atoms with van der Waals surface area (Å²) in [5, 5.41) is 2.75. The molecule has 2 aromatic rings. The molecule has 0 bridgehead atoms. The van der Waals surface area contributed by atoms with E-state index in [2.05, 4.69) is 15.0 Å². The summed E-state index contributed by atoms with van der Waals surface area (Å²) >= 11 is 0. The number of hydrogen-bond donors (Lipinski definition) is 1. The van der Waals surface area contributed by atoms with E-state index in [0.29, 0.717) is 28.1 Å². The number of benzene rings is 1. The van der Waals surface area contributed by atoms with Crippen LogP contribution in [0.3, 0.4) is 0 Å². The Kier molecular flexibility index (Phi) is 5.74. The summed E-state index contributed by atoms with van der Waals surface area (Å²) in [6.07, 6.45) is -3.30. The molecule has 1 unspecified atom stereocenters. The second kappa shape index (κ2) is 7.97. The Morgan fingerprint density at radius 2 is 1.93 bits per heavy atom. The van der Waals surface area contributed by atoms with Gasteiger partial charge in [0.25, 0.3) is 5.91 Å². The van der Waals surface area contributed by atoms with E-state index in [0.717, 1.165) is 0 Å². The van der Waals surface area contributed by atoms with Crippen molar-refractivity contribution in [3.8, 4) is 5.75 Å². The molecule has 160 valence electrons. The van der Waals surface area contributed by atoms with E-state index < -0.39 is 12.4 Å². The zero-order chi connectivity index (χ0) is 22.2. The number of nitrogens with one attached hydrogen (secondary N) is 1. The number of carbonyl (C=O) groups is 2. The van der Waals surface area contributed by atoms with Gasteiger partial charge in [0.2, 0.25) is 5.91 Å². The van der Waals surface area contributed by atoms with Gasteiger partial charge < -0.3 is 15.0 Å². The maximum atomic E-state index is 12.9. The number of halogens is 3. The summed E-state index contributed by atoms with van der Waals surface area (Å²) in [7, 11) is 0. The van der Waals surface area contributed by atoms with E-state index in [4.69, 9.17) is 0 Å². The third kappa shape index (κ3) is 4.39. The van der Waals surface area contributed by atoms with Crippen LogP contribution in [0.5, 0.6) is 5.75 Å². The van der Waals surface area contributed by atoms with Crippen LogP contribution in [0.4, 0.5) is 19.0 Å². The molecule has 6 nitrogen and oxygen atoms in total. The van der Waals surface area contributed by atoms with Gasteiger partial charge in [-0.15, -0.1) is 13.2 Å². The van der Waals surface area contributed by atoms with E-state index in [-0.39, 0.29) is 30.0 Å². The van der Waals surface area contributed by atoms with Crippen LogP contribution in [-0.2, 0) is 11.3 Å². The largest absolute Gasteiger partial charge is 0.573 e. The van der Waals surface area contributed by atoms with Crippen LogP contribution in [-0.4, -0.2) is 28.1 Å². The van der Waals surface area contributed by atoms with E-state index >= 15 is 0 Å². The number of aryl methyl sites for hydroxylation is 1. The van der Waals surface area contributed by atoms with Gasteiger partial charge >= 0.3 is 6.36 Å². The molecule has 0 fully saturated rings. The molecule has 0 saturated heterocycles. The van der Waals surface area contributed by atoms with Gasteiger partial charge in [0.05, 0.1) is 12.6 Å². The van der Waals surface area contributed by atoms with Gasteiger partial charge in [-0.1, -0.05) is 26.0 Å². The van der Waals surface area contributed by atoms with Crippen LogP contribution in [0.1, 0.15) is 53.9 Å². The van der Waals surface area contributed by atoms with Crippen LogP contribution >= 0.6 is 0 Å². The maximum absolute atomic E-state index is 12.9. The first-order valence-corrected chi connectivity index (χ1v) is 9.44. The van der Waals surface area contributed by atoms with Gasteiger partial charge in [0, 0.05) is 23.2 Å². The number of alkyl halides is 3. The van der Waals surface area contributed by atoms with Crippen molar-refractivity contribution in [3.05, 3.63) is 52.7 Å². The quantitative estimate of drug-likeness (QED) is 0.766. The van der Waals surface area contributed by atoms with E-state index in [1.807, 2.05) is 0 Å². The average Bonchev–Trinajstić information content (AvgIpc) is 2.99. The number of hydrogen-bond acceptors (Lipinski definition) is 4. The van der Waals surface area contributed by atoms with Crippen molar-refractivity contribution in [3.63, 3.8) is 0 Å². The first kappa shape index (κ1) is 21.6. The van der Waals surface area contributed by atoms with E-state index in [1.54, 1.807) is 37.8 Å². The molecule has 0 radical (unpaired) electrons. The molecule has 9 heteroatoms. The molecule has 1 aliphatic rings. The van der Waals surface area contributed by atoms with Crippen molar-refractivity contribution >= 4 is 17.6 Å². The molecule has 30 heavy (non-hydrogen) atoms. The third-order valence-electron chi connectivity index (χ3n) is 5.02. The van der Waals surface area contributed by atoms with E-state index in [1.165, 1.54) is 25.3 Å². The number of fused-ring (bicyclic) bond motifs is 1. The lowest BCUT2D eigenvalue weighted by atomic mass is 10.0. The number of aromatic nitrogens is 1. The Balaban J connectivity index is 1.84. The van der Waals surface area contributed by atoms with Gasteiger partial charge in [0.15, 0.2) is 0 Å². The molecule has 2 amide bonds. The lowest BCUT2D eigenvalue weighted by Gasteiger charge is -2.25. The molecule has 0 aliphatic carbocycles. The molecule has 1 aliphatic heterocycles. The number of carbonyl (C=O) groups excluding carboxylic acids is 2. The summed E-state index contributed by atoms with van der Waals surface area (Å²) in [6.45, 7) is 7.06. The summed E-state index contributed by atoms with van der Waals surface area (Å²) in [5.41, 5.74) is 2.05. The first-order valence-electron chi connectivity index (χ1n) is 9.44. The standard InChI is InChI=1S/C21H22F3N3O3/c1-11(2)19(28)26-18-16-10-27(20(29)15(16)7-8-25-18)13(4)14-5-6-17(12(3)9-14)30-21(22,23)24/h5-9,11,13H,10H2,1-4H3,(H,25,26,28). The highest BCUT2D eigenvalue weighted by Gasteiger charge is 2.35. The lowest BCUT2D eigenvalue weighted by Crippen LogP contribution is -2.27. The summed E-state index contributed by atoms with van der Waals surface area (Å²) in [6, 6.07) is 5.52. The Bertz CT molecular complexity index is 989. The molecule has 1 aromatic carbocycles. The molecule has 0 saturated carbocycles. The zero-order valence-electron chi connectivity index (χ0n) is 17.0. The number of nitrogens with zero attached hydrogens (tertiary/aromatic N) is 2. The molecule has 3 rings (SSSR count). The Labute approximate surface area is 172 Å². The molecule has 0 spiro atoms. The predicted molar refractivity (Wildman–Crippen MR) is 104 cm³/mol. The summed E-state index contributed by atoms with van der Waals surface area (Å²) in [5.74, 6) is -0.606. The zero-order valence-corrected chi connectivity index (χ0v) is 17.0. The van der Waals surface area contributed by atoms with Crippen LogP contribution in [0, 0.1) is 12.8 Å². The highest BCUT2D eigenvalue weighted by Crippen LogP contribution is 2.36. The molecule has 1 aromatic heterocycles. The van der Waals surface area contributed by atoms with Gasteiger partial charge in [0.1, 0.15) is 11.6 Å². The van der Waals surface area contributed by atoms with Crippen LogP contribution in [0.25, 0.3) is 0 Å². The average molecular weight is 421 g/mol. The smallest absolute Gasteiger partial charge is 0.406 e. The fourth-order valence-corrected chi connectivity index (χ4v) is 3.28. The first-order chi connectivity index (χ1) is 14.0. The Morgan fingerprint density at radius 3 is 2.53 bits per heavy atom. The molecule has 1 N–H and O–H groups in total. The lowest BCUT2D eigenvalue weighted by molar-refractivity contribution is -0.274. The van der Waals surface area contributed by atoms with Gasteiger partial charge in [-0.3, -0.25) is 9.59 Å². The highest BCUT2D eigenvalue weighted by atomic mass is 19.4. The molecular weight excluding hydrogens is 399 g/mol. The minimum Gasteiger partial charge on any atom is -0.406 e. The summed E-state index contributed by atoms with van der Waals surface area (Å²) in [4.78, 5) is 30.8. The normalized spacial score (nSPS) is 14.7. The Morgan fingerprint density at radius 1 is 1.23 bits per heavy atom. The van der Waals surface area contributed by atoms with Crippen molar-refractivity contribution in [2.45, 2.75) is 46.6 Å². The minimum absolute atomic E-state index is 0.203. The van der Waals surface area contributed by atoms with Crippen LogP contribution in [0.2, 0.25) is 0 Å². The van der Waals surface area contributed by atoms with Crippen molar-refractivity contribution < 1.29 is 27.5 Å². The van der Waals surface area contributed by atoms with Crippen molar-refractivity contribution in [2.24, 2.45) is 5.92 Å². The predicted octanol–water partition coefficient (Wildman–Crippen LogP) is 4.60. The fourth-order valence-electron chi connectivity index (χ4n) is 3.28. The summed E-state index contributed by atoms with van der Waals surface area (Å²) < 4.78 is 41.5. The fraction of sp³-hybridized carbons (Fsp3) is 0.381. The van der Waals surface area contributed by atoms with Crippen molar-refractivity contribution in [1.82, 2.24) is 9.88 Å². The number of anilines is 1. The van der Waals surface area contributed by atoms with Gasteiger partial charge in [-0.2, -0.15) is 0 Å². The highest BCUT2D eigenvalue weighted by molar-refractivity contribution is 6.01. The number of ether oxygens (including phenoxy) is 1. The van der Waals surface area contributed by atoms with Crippen molar-refractivity contribution in [2.75, 3.05) is 5.32 Å². The monoisotopic (exact) mass is 421 g/mol. The second-order valence-electron chi connectivity index (χ2n) is 7.51. The van der Waals surface area contributed by atoms with Crippen LogP contribution in [0.15, 0.2) is 30.5 Å². The van der Waals surface area contributed by atoms with Crippen LogP contribution < -0.4 is 10.1 Å².